The van der Waals surface area contributed by atoms with E-state index in [1.165, 1.54) is 0 Å². The summed E-state index contributed by atoms with van der Waals surface area (Å²) in [6.45, 7) is 9.33. The van der Waals surface area contributed by atoms with Gasteiger partial charge in [-0.3, -0.25) is 0 Å². The van der Waals surface area contributed by atoms with Crippen molar-refractivity contribution in [2.45, 2.75) is 52.4 Å². The topological polar surface area (TPSA) is 33.7 Å². The zero-order valence-electron chi connectivity index (χ0n) is 16.4. The second-order valence-corrected chi connectivity index (χ2v) is 7.47. The average molecular weight is 388 g/mol. The molecule has 1 aliphatic rings. The lowest BCUT2D eigenvalue weighted by Crippen LogP contribution is -2.43. The number of likely N-dealkylation sites (tertiary alicyclic amines) is 1. The quantitative estimate of drug-likeness (QED) is 0.686. The highest BCUT2D eigenvalue weighted by atomic mass is 19.4. The van der Waals surface area contributed by atoms with Crippen LogP contribution in [0.1, 0.15) is 39.2 Å². The standard InChI is InChI=1S/C20H31F3N2O2/c1-4-26-19-11-16(5-6-18(19)27-14-20(21,22)23)12-24-17-7-9-25(10-8-17)13-15(2)3/h5-6,11,15,17,24H,4,7-10,12-14H2,1-3H3. The SMILES string of the molecule is CCOc1cc(CNC2CCN(CC(C)C)CC2)ccc1OCC(F)(F)F. The molecule has 1 saturated heterocycles. The fourth-order valence-corrected chi connectivity index (χ4v) is 3.31. The molecule has 0 aliphatic carbocycles. The first-order valence-electron chi connectivity index (χ1n) is 9.68. The summed E-state index contributed by atoms with van der Waals surface area (Å²) < 4.78 is 47.5. The van der Waals surface area contributed by atoms with Gasteiger partial charge in [-0.2, -0.15) is 13.2 Å². The first-order valence-corrected chi connectivity index (χ1v) is 9.68. The molecule has 0 bridgehead atoms. The van der Waals surface area contributed by atoms with Crippen molar-refractivity contribution in [2.75, 3.05) is 32.8 Å². The van der Waals surface area contributed by atoms with Crippen LogP contribution < -0.4 is 14.8 Å². The zero-order valence-corrected chi connectivity index (χ0v) is 16.4. The maximum atomic E-state index is 12.4. The number of halogens is 3. The van der Waals surface area contributed by atoms with Gasteiger partial charge in [0.15, 0.2) is 18.1 Å². The summed E-state index contributed by atoms with van der Waals surface area (Å²) in [7, 11) is 0. The van der Waals surface area contributed by atoms with Crippen LogP contribution in [0, 0.1) is 5.92 Å². The van der Waals surface area contributed by atoms with Crippen LogP contribution in [0.5, 0.6) is 11.5 Å². The van der Waals surface area contributed by atoms with Crippen molar-refractivity contribution in [1.82, 2.24) is 10.2 Å². The van der Waals surface area contributed by atoms with Gasteiger partial charge in [0.05, 0.1) is 6.61 Å². The third-order valence-corrected chi connectivity index (χ3v) is 4.51. The van der Waals surface area contributed by atoms with Gasteiger partial charge < -0.3 is 19.7 Å². The minimum Gasteiger partial charge on any atom is -0.490 e. The highest BCUT2D eigenvalue weighted by molar-refractivity contribution is 5.43. The Balaban J connectivity index is 1.86. The molecule has 0 radical (unpaired) electrons. The molecule has 4 nitrogen and oxygen atoms in total. The lowest BCUT2D eigenvalue weighted by atomic mass is 10.0. The van der Waals surface area contributed by atoms with Gasteiger partial charge in [0, 0.05) is 19.1 Å². The highest BCUT2D eigenvalue weighted by Crippen LogP contribution is 2.30. The van der Waals surface area contributed by atoms with Gasteiger partial charge in [-0.15, -0.1) is 0 Å². The predicted molar refractivity (Wildman–Crippen MR) is 100 cm³/mol. The van der Waals surface area contributed by atoms with Crippen molar-refractivity contribution >= 4 is 0 Å². The lowest BCUT2D eigenvalue weighted by molar-refractivity contribution is -0.153. The molecule has 0 aromatic heterocycles. The van der Waals surface area contributed by atoms with Crippen molar-refractivity contribution in [3.05, 3.63) is 23.8 Å². The van der Waals surface area contributed by atoms with Gasteiger partial charge in [-0.25, -0.2) is 0 Å². The molecule has 1 aliphatic heterocycles. The van der Waals surface area contributed by atoms with Crippen LogP contribution in [-0.2, 0) is 6.54 Å². The van der Waals surface area contributed by atoms with Crippen molar-refractivity contribution in [2.24, 2.45) is 5.92 Å². The van der Waals surface area contributed by atoms with E-state index in [0.29, 0.717) is 30.9 Å². The molecule has 7 heteroatoms. The molecule has 0 saturated carbocycles. The average Bonchev–Trinajstić information content (AvgIpc) is 2.59. The number of hydrogen-bond donors (Lipinski definition) is 1. The van der Waals surface area contributed by atoms with Crippen LogP contribution in [-0.4, -0.2) is 50.0 Å². The second kappa shape index (κ2) is 10.2. The summed E-state index contributed by atoms with van der Waals surface area (Å²) in [5.74, 6) is 1.16. The van der Waals surface area contributed by atoms with Gasteiger partial charge in [-0.1, -0.05) is 19.9 Å². The Hall–Kier alpha value is -1.47. The third-order valence-electron chi connectivity index (χ3n) is 4.51. The minimum absolute atomic E-state index is 0.125. The molecule has 0 spiro atoms. The van der Waals surface area contributed by atoms with Gasteiger partial charge in [0.2, 0.25) is 0 Å². The highest BCUT2D eigenvalue weighted by Gasteiger charge is 2.29. The van der Waals surface area contributed by atoms with Crippen LogP contribution in [0.25, 0.3) is 0 Å². The Morgan fingerprint density at radius 2 is 1.85 bits per heavy atom. The van der Waals surface area contributed by atoms with E-state index in [1.54, 1.807) is 25.1 Å². The van der Waals surface area contributed by atoms with Crippen molar-refractivity contribution < 1.29 is 22.6 Å². The summed E-state index contributed by atoms with van der Waals surface area (Å²) in [5.41, 5.74) is 0.974. The van der Waals surface area contributed by atoms with Crippen LogP contribution >= 0.6 is 0 Å². The van der Waals surface area contributed by atoms with E-state index >= 15 is 0 Å². The molecule has 0 amide bonds. The fraction of sp³-hybridized carbons (Fsp3) is 0.700. The van der Waals surface area contributed by atoms with E-state index in [4.69, 9.17) is 9.47 Å². The Kier molecular flexibility index (Phi) is 8.23. The normalized spacial score (nSPS) is 16.7. The first-order chi connectivity index (χ1) is 12.8. The molecular formula is C20H31F3N2O2. The van der Waals surface area contributed by atoms with Crippen LogP contribution in [0.15, 0.2) is 18.2 Å². The Labute approximate surface area is 160 Å². The molecule has 154 valence electrons. The fourth-order valence-electron chi connectivity index (χ4n) is 3.31. The summed E-state index contributed by atoms with van der Waals surface area (Å²) in [6.07, 6.45) is -2.15. The number of benzene rings is 1. The Bertz CT molecular complexity index is 571. The van der Waals surface area contributed by atoms with E-state index in [1.807, 2.05) is 0 Å². The van der Waals surface area contributed by atoms with Crippen LogP contribution in [0.2, 0.25) is 0 Å². The molecule has 0 unspecified atom stereocenters. The number of nitrogens with one attached hydrogen (secondary N) is 1. The number of alkyl halides is 3. The molecule has 1 aromatic rings. The van der Waals surface area contributed by atoms with E-state index < -0.39 is 12.8 Å². The minimum atomic E-state index is -4.37. The molecular weight excluding hydrogens is 357 g/mol. The van der Waals surface area contributed by atoms with Gasteiger partial charge in [-0.05, 0) is 56.5 Å². The Morgan fingerprint density at radius 3 is 2.44 bits per heavy atom. The first kappa shape index (κ1) is 21.8. The summed E-state index contributed by atoms with van der Waals surface area (Å²) in [6, 6.07) is 5.56. The smallest absolute Gasteiger partial charge is 0.422 e. The zero-order chi connectivity index (χ0) is 19.9. The molecule has 27 heavy (non-hydrogen) atoms. The molecule has 1 aromatic carbocycles. The van der Waals surface area contributed by atoms with E-state index in [-0.39, 0.29) is 5.75 Å². The number of piperidine rings is 1. The third kappa shape index (κ3) is 7.97. The van der Waals surface area contributed by atoms with Crippen molar-refractivity contribution in [3.8, 4) is 11.5 Å². The molecule has 0 atom stereocenters. The number of ether oxygens (including phenoxy) is 2. The van der Waals surface area contributed by atoms with Crippen LogP contribution in [0.4, 0.5) is 13.2 Å². The monoisotopic (exact) mass is 388 g/mol. The maximum absolute atomic E-state index is 12.4. The van der Waals surface area contributed by atoms with Gasteiger partial charge >= 0.3 is 6.18 Å². The molecule has 2 rings (SSSR count). The summed E-state index contributed by atoms with van der Waals surface area (Å²) in [5, 5.41) is 3.55. The lowest BCUT2D eigenvalue weighted by Gasteiger charge is -2.33. The van der Waals surface area contributed by atoms with E-state index in [2.05, 4.69) is 24.1 Å². The van der Waals surface area contributed by atoms with Crippen molar-refractivity contribution in [3.63, 3.8) is 0 Å². The van der Waals surface area contributed by atoms with Gasteiger partial charge in [0.1, 0.15) is 0 Å². The van der Waals surface area contributed by atoms with E-state index in [9.17, 15) is 13.2 Å². The molecule has 1 N–H and O–H groups in total. The number of nitrogens with zero attached hydrogens (tertiary/aromatic N) is 1. The summed E-state index contributed by atoms with van der Waals surface area (Å²) in [4.78, 5) is 2.50. The number of hydrogen-bond acceptors (Lipinski definition) is 4. The van der Waals surface area contributed by atoms with Crippen LogP contribution in [0.3, 0.4) is 0 Å². The molecule has 1 heterocycles. The summed E-state index contributed by atoms with van der Waals surface area (Å²) >= 11 is 0. The second-order valence-electron chi connectivity index (χ2n) is 7.47. The van der Waals surface area contributed by atoms with Crippen molar-refractivity contribution in [1.29, 1.82) is 0 Å². The van der Waals surface area contributed by atoms with Gasteiger partial charge in [0.25, 0.3) is 0 Å². The predicted octanol–water partition coefficient (Wildman–Crippen LogP) is 4.24. The largest absolute Gasteiger partial charge is 0.490 e. The van der Waals surface area contributed by atoms with E-state index in [0.717, 1.165) is 38.0 Å². The molecule has 1 fully saturated rings. The number of rotatable bonds is 9. The maximum Gasteiger partial charge on any atom is 0.422 e. The Morgan fingerprint density at radius 1 is 1.15 bits per heavy atom.